The maximum atomic E-state index is 12.3. The lowest BCUT2D eigenvalue weighted by Gasteiger charge is -2.32. The number of hydrogen-bond donors (Lipinski definition) is 1. The van der Waals surface area contributed by atoms with Gasteiger partial charge in [-0.2, -0.15) is 0 Å². The summed E-state index contributed by atoms with van der Waals surface area (Å²) in [6, 6.07) is 17.0. The van der Waals surface area contributed by atoms with Gasteiger partial charge in [-0.15, -0.1) is 0 Å². The SMILES string of the molecule is O=C(O)c1ccccc1CC1CCN(C(=O)COCc2ccccc2)CC1. The van der Waals surface area contributed by atoms with Crippen LogP contribution in [0.3, 0.4) is 0 Å². The molecule has 142 valence electrons. The maximum Gasteiger partial charge on any atom is 0.335 e. The Morgan fingerprint density at radius 2 is 1.67 bits per heavy atom. The third-order valence-corrected chi connectivity index (χ3v) is 5.06. The van der Waals surface area contributed by atoms with Crippen LogP contribution < -0.4 is 0 Å². The van der Waals surface area contributed by atoms with Gasteiger partial charge in [-0.25, -0.2) is 4.79 Å². The second-order valence-corrected chi connectivity index (χ2v) is 6.97. The topological polar surface area (TPSA) is 66.8 Å². The zero-order valence-corrected chi connectivity index (χ0v) is 15.3. The van der Waals surface area contributed by atoms with Gasteiger partial charge in [0.15, 0.2) is 0 Å². The Hall–Kier alpha value is -2.66. The second-order valence-electron chi connectivity index (χ2n) is 6.97. The van der Waals surface area contributed by atoms with E-state index in [1.165, 1.54) is 0 Å². The average molecular weight is 367 g/mol. The first-order valence-electron chi connectivity index (χ1n) is 9.34. The van der Waals surface area contributed by atoms with Crippen LogP contribution in [0.2, 0.25) is 0 Å². The van der Waals surface area contributed by atoms with E-state index in [1.807, 2.05) is 47.4 Å². The van der Waals surface area contributed by atoms with Crippen molar-refractivity contribution in [2.24, 2.45) is 5.92 Å². The fourth-order valence-electron chi connectivity index (χ4n) is 3.53. The van der Waals surface area contributed by atoms with E-state index in [9.17, 15) is 14.7 Å². The predicted molar refractivity (Wildman–Crippen MR) is 103 cm³/mol. The quantitative estimate of drug-likeness (QED) is 0.815. The van der Waals surface area contributed by atoms with Gasteiger partial charge in [0.2, 0.25) is 5.91 Å². The summed E-state index contributed by atoms with van der Waals surface area (Å²) in [7, 11) is 0. The molecule has 3 rings (SSSR count). The zero-order chi connectivity index (χ0) is 19.1. The van der Waals surface area contributed by atoms with E-state index in [2.05, 4.69) is 0 Å². The largest absolute Gasteiger partial charge is 0.478 e. The molecule has 0 atom stereocenters. The van der Waals surface area contributed by atoms with Gasteiger partial charge in [0.05, 0.1) is 12.2 Å². The normalized spacial score (nSPS) is 14.9. The van der Waals surface area contributed by atoms with E-state index in [-0.39, 0.29) is 12.5 Å². The first-order valence-corrected chi connectivity index (χ1v) is 9.34. The molecule has 2 aromatic carbocycles. The lowest BCUT2D eigenvalue weighted by Crippen LogP contribution is -2.40. The second kappa shape index (κ2) is 9.33. The van der Waals surface area contributed by atoms with Crippen LogP contribution in [0.5, 0.6) is 0 Å². The molecule has 0 bridgehead atoms. The predicted octanol–water partition coefficient (Wildman–Crippen LogP) is 3.38. The Morgan fingerprint density at radius 1 is 1.00 bits per heavy atom. The van der Waals surface area contributed by atoms with Crippen LogP contribution in [0.15, 0.2) is 54.6 Å². The van der Waals surface area contributed by atoms with Crippen molar-refractivity contribution in [2.75, 3.05) is 19.7 Å². The molecule has 5 heteroatoms. The molecule has 1 fully saturated rings. The minimum atomic E-state index is -0.881. The number of benzene rings is 2. The fraction of sp³-hybridized carbons (Fsp3) is 0.364. The number of carboxylic acids is 1. The summed E-state index contributed by atoms with van der Waals surface area (Å²) in [6.07, 6.45) is 2.52. The van der Waals surface area contributed by atoms with Gasteiger partial charge in [0.25, 0.3) is 0 Å². The Bertz CT molecular complexity index is 767. The number of piperidine rings is 1. The highest BCUT2D eigenvalue weighted by molar-refractivity contribution is 5.89. The van der Waals surface area contributed by atoms with Gasteiger partial charge in [-0.3, -0.25) is 4.79 Å². The number of likely N-dealkylation sites (tertiary alicyclic amines) is 1. The average Bonchev–Trinajstić information content (AvgIpc) is 2.69. The Balaban J connectivity index is 1.43. The molecule has 0 radical (unpaired) electrons. The summed E-state index contributed by atoms with van der Waals surface area (Å²) in [4.78, 5) is 25.5. The van der Waals surface area contributed by atoms with Gasteiger partial charge in [0, 0.05) is 13.1 Å². The van der Waals surface area contributed by atoms with Crippen molar-refractivity contribution in [3.05, 3.63) is 71.3 Å². The highest BCUT2D eigenvalue weighted by Gasteiger charge is 2.24. The molecule has 2 aromatic rings. The molecule has 1 heterocycles. The summed E-state index contributed by atoms with van der Waals surface area (Å²) < 4.78 is 5.54. The molecular formula is C22H25NO4. The van der Waals surface area contributed by atoms with E-state index >= 15 is 0 Å². The third kappa shape index (κ3) is 5.41. The number of carboxylic acid groups (broad SMARTS) is 1. The van der Waals surface area contributed by atoms with Crippen molar-refractivity contribution in [3.63, 3.8) is 0 Å². The molecule has 1 aliphatic rings. The van der Waals surface area contributed by atoms with Crippen molar-refractivity contribution in [2.45, 2.75) is 25.9 Å². The van der Waals surface area contributed by atoms with E-state index in [0.29, 0.717) is 31.2 Å². The zero-order valence-electron chi connectivity index (χ0n) is 15.3. The molecule has 0 aliphatic carbocycles. The Morgan fingerprint density at radius 3 is 2.37 bits per heavy atom. The minimum absolute atomic E-state index is 0.0234. The van der Waals surface area contributed by atoms with Crippen LogP contribution in [0, 0.1) is 5.92 Å². The molecule has 0 saturated carbocycles. The van der Waals surface area contributed by atoms with Crippen LogP contribution in [-0.4, -0.2) is 41.6 Å². The molecule has 5 nitrogen and oxygen atoms in total. The van der Waals surface area contributed by atoms with Crippen LogP contribution in [-0.2, 0) is 22.6 Å². The first kappa shape index (κ1) is 19.1. The standard InChI is InChI=1S/C22H25NO4/c24-21(16-27-15-18-6-2-1-3-7-18)23-12-10-17(11-13-23)14-19-8-4-5-9-20(19)22(25)26/h1-9,17H,10-16H2,(H,25,26). The molecule has 1 N–H and O–H groups in total. The van der Waals surface area contributed by atoms with Crippen molar-refractivity contribution in [1.82, 2.24) is 4.90 Å². The Labute approximate surface area is 159 Å². The molecule has 0 unspecified atom stereocenters. The van der Waals surface area contributed by atoms with E-state index in [1.54, 1.807) is 12.1 Å². The number of ether oxygens (including phenoxy) is 1. The monoisotopic (exact) mass is 367 g/mol. The van der Waals surface area contributed by atoms with Crippen LogP contribution in [0.25, 0.3) is 0 Å². The number of amides is 1. The smallest absolute Gasteiger partial charge is 0.335 e. The third-order valence-electron chi connectivity index (χ3n) is 5.06. The fourth-order valence-corrected chi connectivity index (χ4v) is 3.53. The number of carbonyl (C=O) groups is 2. The number of aromatic carboxylic acids is 1. The summed E-state index contributed by atoms with van der Waals surface area (Å²) in [5.74, 6) is -0.455. The summed E-state index contributed by atoms with van der Waals surface area (Å²) in [6.45, 7) is 1.94. The lowest BCUT2D eigenvalue weighted by molar-refractivity contribution is -0.138. The highest BCUT2D eigenvalue weighted by atomic mass is 16.5. The van der Waals surface area contributed by atoms with E-state index < -0.39 is 5.97 Å². The molecule has 0 aromatic heterocycles. The van der Waals surface area contributed by atoms with E-state index in [4.69, 9.17) is 4.74 Å². The molecule has 1 aliphatic heterocycles. The lowest BCUT2D eigenvalue weighted by atomic mass is 9.88. The number of rotatable bonds is 7. The molecule has 0 spiro atoms. The van der Waals surface area contributed by atoms with Crippen LogP contribution in [0.1, 0.15) is 34.3 Å². The van der Waals surface area contributed by atoms with Crippen molar-refractivity contribution >= 4 is 11.9 Å². The van der Waals surface area contributed by atoms with Crippen molar-refractivity contribution in [3.8, 4) is 0 Å². The summed E-state index contributed by atoms with van der Waals surface area (Å²) in [5, 5.41) is 9.31. The molecular weight excluding hydrogens is 342 g/mol. The first-order chi connectivity index (χ1) is 13.1. The van der Waals surface area contributed by atoms with Crippen molar-refractivity contribution in [1.29, 1.82) is 0 Å². The van der Waals surface area contributed by atoms with Crippen molar-refractivity contribution < 1.29 is 19.4 Å². The van der Waals surface area contributed by atoms with Gasteiger partial charge in [-0.1, -0.05) is 48.5 Å². The molecule has 1 amide bonds. The van der Waals surface area contributed by atoms with Crippen LogP contribution >= 0.6 is 0 Å². The summed E-state index contributed by atoms with van der Waals surface area (Å²) in [5.41, 5.74) is 2.31. The minimum Gasteiger partial charge on any atom is -0.478 e. The molecule has 27 heavy (non-hydrogen) atoms. The van der Waals surface area contributed by atoms with E-state index in [0.717, 1.165) is 30.4 Å². The van der Waals surface area contributed by atoms with Gasteiger partial charge in [-0.05, 0) is 42.4 Å². The number of nitrogens with zero attached hydrogens (tertiary/aromatic N) is 1. The number of carbonyl (C=O) groups excluding carboxylic acids is 1. The van der Waals surface area contributed by atoms with Gasteiger partial charge in [0.1, 0.15) is 6.61 Å². The highest BCUT2D eigenvalue weighted by Crippen LogP contribution is 2.23. The molecule has 1 saturated heterocycles. The summed E-state index contributed by atoms with van der Waals surface area (Å²) >= 11 is 0. The Kier molecular flexibility index (Phi) is 6.60. The van der Waals surface area contributed by atoms with Gasteiger partial charge >= 0.3 is 5.97 Å². The van der Waals surface area contributed by atoms with Crippen LogP contribution in [0.4, 0.5) is 0 Å². The number of hydrogen-bond acceptors (Lipinski definition) is 3. The van der Waals surface area contributed by atoms with Gasteiger partial charge < -0.3 is 14.7 Å². The maximum absolute atomic E-state index is 12.3.